The molecule has 13 heavy (non-hydrogen) atoms. The first kappa shape index (κ1) is 11.4. The third kappa shape index (κ3) is 2.40. The molecule has 2 rings (SSSR count). The van der Waals surface area contributed by atoms with E-state index in [0.29, 0.717) is 6.42 Å². The van der Waals surface area contributed by atoms with Crippen LogP contribution in [0.1, 0.15) is 5.56 Å². The standard InChI is InChI=1S/C9H9NO2.Rb/c11-9(12)8-5-6-3-1-2-4-7(6)10-8;/h1-4,8,10H,5H2,(H,11,12);/q;+1/p-1. The fourth-order valence-electron chi connectivity index (χ4n) is 1.44. The Morgan fingerprint density at radius 1 is 1.46 bits per heavy atom. The maximum atomic E-state index is 10.5. The summed E-state index contributed by atoms with van der Waals surface area (Å²) in [7, 11) is 0. The van der Waals surface area contributed by atoms with Gasteiger partial charge in [0, 0.05) is 5.69 Å². The van der Waals surface area contributed by atoms with Crippen LogP contribution in [0, 0.1) is 0 Å². The zero-order chi connectivity index (χ0) is 8.55. The fourth-order valence-corrected chi connectivity index (χ4v) is 1.44. The van der Waals surface area contributed by atoms with Crippen molar-refractivity contribution in [2.75, 3.05) is 5.32 Å². The van der Waals surface area contributed by atoms with E-state index in [1.165, 1.54) is 0 Å². The number of carboxylic acid groups (broad SMARTS) is 1. The number of rotatable bonds is 1. The second kappa shape index (κ2) is 4.69. The summed E-state index contributed by atoms with van der Waals surface area (Å²) in [5.74, 6) is -1.04. The molecule has 3 nitrogen and oxygen atoms in total. The van der Waals surface area contributed by atoms with Gasteiger partial charge in [-0.15, -0.1) is 0 Å². The molecule has 1 heterocycles. The van der Waals surface area contributed by atoms with Crippen molar-refractivity contribution >= 4 is 11.7 Å². The molecule has 1 aromatic carbocycles. The van der Waals surface area contributed by atoms with Crippen LogP contribution in [0.4, 0.5) is 5.69 Å². The summed E-state index contributed by atoms with van der Waals surface area (Å²) in [6.45, 7) is 0. The van der Waals surface area contributed by atoms with Crippen LogP contribution >= 0.6 is 0 Å². The third-order valence-electron chi connectivity index (χ3n) is 2.06. The molecule has 1 N–H and O–H groups in total. The van der Waals surface area contributed by atoms with Crippen LogP contribution < -0.4 is 68.6 Å². The molecule has 4 heteroatoms. The second-order valence-electron chi connectivity index (χ2n) is 2.88. The summed E-state index contributed by atoms with van der Waals surface area (Å²) in [6, 6.07) is 7.02. The first-order valence-corrected chi connectivity index (χ1v) is 3.82. The zero-order valence-corrected chi connectivity index (χ0v) is 12.3. The predicted molar refractivity (Wildman–Crippen MR) is 42.6 cm³/mol. The Bertz CT molecular complexity index is 302. The number of carbonyl (C=O) groups excluding carboxylic acids is 1. The van der Waals surface area contributed by atoms with Crippen LogP contribution in [0.2, 0.25) is 0 Å². The molecule has 1 atom stereocenters. The molecule has 62 valence electrons. The first-order chi connectivity index (χ1) is 5.77. The fraction of sp³-hybridized carbons (Fsp3) is 0.222. The number of para-hydroxylation sites is 1. The zero-order valence-electron chi connectivity index (χ0n) is 7.41. The Kier molecular flexibility index (Phi) is 4.10. The summed E-state index contributed by atoms with van der Waals surface area (Å²) in [5.41, 5.74) is 1.96. The predicted octanol–water partition coefficient (Wildman–Crippen LogP) is -3.22. The molecular weight excluding hydrogens is 240 g/mol. The molecule has 0 amide bonds. The van der Waals surface area contributed by atoms with Crippen molar-refractivity contribution in [1.82, 2.24) is 0 Å². The average molecular weight is 248 g/mol. The van der Waals surface area contributed by atoms with Crippen molar-refractivity contribution in [3.05, 3.63) is 29.8 Å². The van der Waals surface area contributed by atoms with Crippen molar-refractivity contribution in [3.63, 3.8) is 0 Å². The number of fused-ring (bicyclic) bond motifs is 1. The average Bonchev–Trinajstić information content (AvgIpc) is 2.46. The van der Waals surface area contributed by atoms with Gasteiger partial charge in [-0.05, 0) is 18.1 Å². The van der Waals surface area contributed by atoms with Crippen LogP contribution in [-0.4, -0.2) is 12.0 Å². The molecule has 0 spiro atoms. The number of anilines is 1. The van der Waals surface area contributed by atoms with E-state index in [4.69, 9.17) is 0 Å². The van der Waals surface area contributed by atoms with Gasteiger partial charge >= 0.3 is 58.2 Å². The monoisotopic (exact) mass is 247 g/mol. The van der Waals surface area contributed by atoms with Gasteiger partial charge < -0.3 is 15.2 Å². The summed E-state index contributed by atoms with van der Waals surface area (Å²) in [5, 5.41) is 13.4. The SMILES string of the molecule is O=C([O-])C1Cc2ccccc2N1.[Rb+]. The molecule has 0 aliphatic carbocycles. The molecule has 0 aromatic heterocycles. The number of hydrogen-bond donors (Lipinski definition) is 1. The van der Waals surface area contributed by atoms with Crippen molar-refractivity contribution in [2.24, 2.45) is 0 Å². The van der Waals surface area contributed by atoms with Gasteiger partial charge in [-0.3, -0.25) is 0 Å². The topological polar surface area (TPSA) is 52.2 Å². The van der Waals surface area contributed by atoms with E-state index in [1.807, 2.05) is 24.3 Å². The van der Waals surface area contributed by atoms with Gasteiger partial charge in [-0.1, -0.05) is 18.2 Å². The normalized spacial score (nSPS) is 18.3. The van der Waals surface area contributed by atoms with Gasteiger partial charge in [-0.2, -0.15) is 0 Å². The molecular formula is C9H8NO2Rb. The van der Waals surface area contributed by atoms with Crippen molar-refractivity contribution in [2.45, 2.75) is 12.5 Å². The number of aliphatic carboxylic acids is 1. The summed E-state index contributed by atoms with van der Waals surface area (Å²) >= 11 is 0. The number of benzene rings is 1. The Morgan fingerprint density at radius 3 is 2.77 bits per heavy atom. The molecule has 0 saturated carbocycles. The minimum absolute atomic E-state index is 0. The Morgan fingerprint density at radius 2 is 2.15 bits per heavy atom. The number of nitrogens with one attached hydrogen (secondary N) is 1. The summed E-state index contributed by atoms with van der Waals surface area (Å²) < 4.78 is 0. The molecule has 0 bridgehead atoms. The van der Waals surface area contributed by atoms with Crippen molar-refractivity contribution in [1.29, 1.82) is 0 Å². The van der Waals surface area contributed by atoms with Crippen LogP contribution in [0.5, 0.6) is 0 Å². The Balaban J connectivity index is 0.000000845. The minimum atomic E-state index is -1.04. The maximum Gasteiger partial charge on any atom is 1.00 e. The molecule has 0 saturated heterocycles. The molecule has 0 fully saturated rings. The van der Waals surface area contributed by atoms with E-state index in [-0.39, 0.29) is 58.2 Å². The van der Waals surface area contributed by atoms with Crippen molar-refractivity contribution < 1.29 is 68.1 Å². The minimum Gasteiger partial charge on any atom is -0.548 e. The molecule has 1 aliphatic rings. The van der Waals surface area contributed by atoms with Crippen LogP contribution in [0.25, 0.3) is 0 Å². The largest absolute Gasteiger partial charge is 1.00 e. The van der Waals surface area contributed by atoms with Gasteiger partial charge in [0.15, 0.2) is 0 Å². The van der Waals surface area contributed by atoms with Crippen LogP contribution in [-0.2, 0) is 11.2 Å². The van der Waals surface area contributed by atoms with Gasteiger partial charge in [-0.25, -0.2) is 0 Å². The van der Waals surface area contributed by atoms with E-state index >= 15 is 0 Å². The van der Waals surface area contributed by atoms with Gasteiger partial charge in [0.1, 0.15) is 0 Å². The number of carboxylic acids is 1. The number of hydrogen-bond acceptors (Lipinski definition) is 3. The van der Waals surface area contributed by atoms with Crippen LogP contribution in [0.15, 0.2) is 24.3 Å². The quantitative estimate of drug-likeness (QED) is 0.568. The van der Waals surface area contributed by atoms with E-state index in [1.54, 1.807) is 0 Å². The molecule has 1 aromatic rings. The van der Waals surface area contributed by atoms with Gasteiger partial charge in [0.25, 0.3) is 0 Å². The molecule has 1 unspecified atom stereocenters. The first-order valence-electron chi connectivity index (χ1n) is 3.82. The van der Waals surface area contributed by atoms with Gasteiger partial charge in [0.2, 0.25) is 0 Å². The molecule has 1 aliphatic heterocycles. The smallest absolute Gasteiger partial charge is 0.548 e. The second-order valence-corrected chi connectivity index (χ2v) is 2.88. The van der Waals surface area contributed by atoms with E-state index in [9.17, 15) is 9.90 Å². The Labute approximate surface area is 125 Å². The van der Waals surface area contributed by atoms with Crippen LogP contribution in [0.3, 0.4) is 0 Å². The number of carbonyl (C=O) groups is 1. The third-order valence-corrected chi connectivity index (χ3v) is 2.06. The maximum absolute atomic E-state index is 10.5. The molecule has 0 radical (unpaired) electrons. The summed E-state index contributed by atoms with van der Waals surface area (Å²) in [4.78, 5) is 10.5. The Hall–Kier alpha value is 0.295. The van der Waals surface area contributed by atoms with Crippen molar-refractivity contribution in [3.8, 4) is 0 Å². The van der Waals surface area contributed by atoms with E-state index < -0.39 is 12.0 Å². The van der Waals surface area contributed by atoms with Gasteiger partial charge in [0.05, 0.1) is 12.0 Å². The summed E-state index contributed by atoms with van der Waals surface area (Å²) in [6.07, 6.45) is 0.526. The van der Waals surface area contributed by atoms with E-state index in [2.05, 4.69) is 5.32 Å². The van der Waals surface area contributed by atoms with E-state index in [0.717, 1.165) is 11.3 Å².